The summed E-state index contributed by atoms with van der Waals surface area (Å²) in [6.45, 7) is 0. The van der Waals surface area contributed by atoms with E-state index in [9.17, 15) is 22.0 Å². The second-order valence-electron chi connectivity index (χ2n) is 8.39. The number of nitrogens with two attached hydrogens (primary N) is 2. The van der Waals surface area contributed by atoms with Crippen molar-refractivity contribution in [3.63, 3.8) is 0 Å². The van der Waals surface area contributed by atoms with E-state index < -0.39 is 68.4 Å². The van der Waals surface area contributed by atoms with E-state index in [0.717, 1.165) is 43.8 Å². The van der Waals surface area contributed by atoms with Gasteiger partial charge in [0.1, 0.15) is 5.82 Å². The van der Waals surface area contributed by atoms with Gasteiger partial charge in [-0.15, -0.1) is 0 Å². The van der Waals surface area contributed by atoms with E-state index in [0.29, 0.717) is 4.31 Å². The van der Waals surface area contributed by atoms with Gasteiger partial charge in [0.2, 0.25) is 0 Å². The van der Waals surface area contributed by atoms with Crippen LogP contribution in [0.5, 0.6) is 0 Å². The van der Waals surface area contributed by atoms with Gasteiger partial charge in [-0.3, -0.25) is 4.79 Å². The number of nitrogens with one attached hydrogen (secondary N) is 1. The van der Waals surface area contributed by atoms with E-state index in [2.05, 4.69) is 10.3 Å². The number of rotatable bonds is 8. The standard InChI is InChI=1S/C23H21F4N5O3S/c1-32(36(29,34)35)23-19(26)13(6-7-30-23)8-14-9-15(22(28)33)21(20(27)18(14)25)31-17-5-4-12(10-16(17)24)11-2-3-11/h4-7,9-11,31H,2-3,8H2,1H3,(H2,28,33)(H2,29,34,35). The molecule has 5 N–H and O–H groups in total. The summed E-state index contributed by atoms with van der Waals surface area (Å²) in [6.07, 6.45) is 2.35. The summed E-state index contributed by atoms with van der Waals surface area (Å²) in [5.74, 6) is -6.36. The number of amides is 1. The van der Waals surface area contributed by atoms with Crippen molar-refractivity contribution < 1.29 is 30.8 Å². The van der Waals surface area contributed by atoms with Gasteiger partial charge < -0.3 is 11.1 Å². The molecule has 1 amide bonds. The van der Waals surface area contributed by atoms with Crippen LogP contribution in [0.2, 0.25) is 0 Å². The predicted molar refractivity (Wildman–Crippen MR) is 125 cm³/mol. The Morgan fingerprint density at radius 2 is 1.78 bits per heavy atom. The number of carbonyl (C=O) groups excluding carboxylic acids is 1. The normalized spacial score (nSPS) is 13.5. The highest BCUT2D eigenvalue weighted by Crippen LogP contribution is 2.41. The Bertz CT molecular complexity index is 1480. The van der Waals surface area contributed by atoms with Gasteiger partial charge in [0, 0.05) is 19.7 Å². The van der Waals surface area contributed by atoms with Crippen molar-refractivity contribution in [1.82, 2.24) is 4.98 Å². The molecule has 0 spiro atoms. The zero-order valence-corrected chi connectivity index (χ0v) is 19.7. The van der Waals surface area contributed by atoms with Crippen LogP contribution in [0.4, 0.5) is 34.8 Å². The van der Waals surface area contributed by atoms with Crippen molar-refractivity contribution in [3.05, 3.63) is 82.1 Å². The largest absolute Gasteiger partial charge is 0.366 e. The summed E-state index contributed by atoms with van der Waals surface area (Å²) >= 11 is 0. The molecule has 0 atom stereocenters. The number of carbonyl (C=O) groups is 1. The van der Waals surface area contributed by atoms with Crippen LogP contribution in [-0.2, 0) is 16.6 Å². The van der Waals surface area contributed by atoms with Gasteiger partial charge in [-0.1, -0.05) is 6.07 Å². The third kappa shape index (κ3) is 4.97. The van der Waals surface area contributed by atoms with Crippen LogP contribution < -0.4 is 20.5 Å². The summed E-state index contributed by atoms with van der Waals surface area (Å²) in [4.78, 5) is 15.7. The highest BCUT2D eigenvalue weighted by Gasteiger charge is 2.27. The van der Waals surface area contributed by atoms with E-state index in [-0.39, 0.29) is 17.2 Å². The van der Waals surface area contributed by atoms with Gasteiger partial charge in [0.05, 0.1) is 16.9 Å². The molecule has 1 saturated carbocycles. The monoisotopic (exact) mass is 523 g/mol. The van der Waals surface area contributed by atoms with Crippen molar-refractivity contribution in [2.75, 3.05) is 16.7 Å². The van der Waals surface area contributed by atoms with E-state index in [4.69, 9.17) is 10.9 Å². The lowest BCUT2D eigenvalue weighted by Crippen LogP contribution is -2.34. The zero-order chi connectivity index (χ0) is 26.4. The lowest BCUT2D eigenvalue weighted by Gasteiger charge is -2.18. The van der Waals surface area contributed by atoms with Crippen LogP contribution in [-0.4, -0.2) is 26.4 Å². The number of primary amides is 1. The summed E-state index contributed by atoms with van der Waals surface area (Å²) < 4.78 is 83.1. The minimum absolute atomic E-state index is 0.191. The van der Waals surface area contributed by atoms with Crippen LogP contribution in [0.3, 0.4) is 0 Å². The van der Waals surface area contributed by atoms with E-state index >= 15 is 8.78 Å². The predicted octanol–water partition coefficient (Wildman–Crippen LogP) is 3.59. The third-order valence-electron chi connectivity index (χ3n) is 5.86. The van der Waals surface area contributed by atoms with Gasteiger partial charge >= 0.3 is 0 Å². The smallest absolute Gasteiger partial charge is 0.300 e. The molecular weight excluding hydrogens is 502 g/mol. The zero-order valence-electron chi connectivity index (χ0n) is 18.9. The lowest BCUT2D eigenvalue weighted by atomic mass is 9.99. The Morgan fingerprint density at radius 1 is 1.08 bits per heavy atom. The molecule has 4 rings (SSSR count). The van der Waals surface area contributed by atoms with Gasteiger partial charge in [-0.2, -0.15) is 8.42 Å². The Labute approximate surface area is 204 Å². The van der Waals surface area contributed by atoms with Crippen LogP contribution in [0.1, 0.15) is 45.8 Å². The quantitative estimate of drug-likeness (QED) is 0.389. The average Bonchev–Trinajstić information content (AvgIpc) is 3.65. The second kappa shape index (κ2) is 9.39. The van der Waals surface area contributed by atoms with E-state index in [1.54, 1.807) is 6.07 Å². The fraction of sp³-hybridized carbons (Fsp3) is 0.217. The maximum atomic E-state index is 15.1. The molecule has 0 saturated heterocycles. The first kappa shape index (κ1) is 25.4. The molecule has 1 aliphatic rings. The highest BCUT2D eigenvalue weighted by atomic mass is 32.2. The fourth-order valence-electron chi connectivity index (χ4n) is 3.71. The Balaban J connectivity index is 1.72. The molecule has 0 radical (unpaired) electrons. The molecule has 13 heteroatoms. The van der Waals surface area contributed by atoms with Crippen LogP contribution in [0.15, 0.2) is 36.5 Å². The molecule has 1 heterocycles. The molecule has 2 aromatic carbocycles. The minimum atomic E-state index is -4.35. The number of nitrogens with zero attached hydrogens (tertiary/aromatic N) is 2. The molecular formula is C23H21F4N5O3S. The second-order valence-corrected chi connectivity index (χ2v) is 9.96. The molecule has 0 unspecified atom stereocenters. The molecule has 1 aromatic heterocycles. The fourth-order valence-corrected chi connectivity index (χ4v) is 4.08. The summed E-state index contributed by atoms with van der Waals surface area (Å²) in [6, 6.07) is 6.34. The van der Waals surface area contributed by atoms with Crippen LogP contribution in [0.25, 0.3) is 0 Å². The number of pyridine rings is 1. The molecule has 8 nitrogen and oxygen atoms in total. The van der Waals surface area contributed by atoms with Crippen molar-refractivity contribution in [1.29, 1.82) is 0 Å². The Morgan fingerprint density at radius 3 is 2.36 bits per heavy atom. The number of hydrogen-bond donors (Lipinski definition) is 3. The first-order valence-corrected chi connectivity index (χ1v) is 12.2. The average molecular weight is 524 g/mol. The maximum absolute atomic E-state index is 15.1. The summed E-state index contributed by atoms with van der Waals surface area (Å²) in [7, 11) is -3.38. The molecule has 36 heavy (non-hydrogen) atoms. The number of aromatic nitrogens is 1. The van der Waals surface area contributed by atoms with Gasteiger partial charge in [0.15, 0.2) is 23.3 Å². The van der Waals surface area contributed by atoms with Gasteiger partial charge in [0.25, 0.3) is 16.1 Å². The Hall–Kier alpha value is -3.71. The van der Waals surface area contributed by atoms with Crippen molar-refractivity contribution in [2.45, 2.75) is 25.2 Å². The third-order valence-corrected chi connectivity index (χ3v) is 6.80. The minimum Gasteiger partial charge on any atom is -0.366 e. The number of hydrogen-bond acceptors (Lipinski definition) is 5. The lowest BCUT2D eigenvalue weighted by molar-refractivity contribution is 0.100. The molecule has 0 bridgehead atoms. The highest BCUT2D eigenvalue weighted by molar-refractivity contribution is 7.90. The number of benzene rings is 2. The van der Waals surface area contributed by atoms with E-state index in [1.807, 2.05) is 0 Å². The summed E-state index contributed by atoms with van der Waals surface area (Å²) in [5.41, 5.74) is 4.08. The topological polar surface area (TPSA) is 131 Å². The van der Waals surface area contributed by atoms with Crippen LogP contribution in [0, 0.1) is 23.3 Å². The Kier molecular flexibility index (Phi) is 6.62. The van der Waals surface area contributed by atoms with Gasteiger partial charge in [-0.05, 0) is 59.7 Å². The first-order valence-electron chi connectivity index (χ1n) is 10.7. The maximum Gasteiger partial charge on any atom is 0.300 e. The number of anilines is 3. The van der Waals surface area contributed by atoms with E-state index in [1.165, 1.54) is 12.1 Å². The SMILES string of the molecule is CN(c1nccc(Cc2cc(C(N)=O)c(Nc3ccc(C4CC4)cc3F)c(F)c2F)c1F)S(N)(=O)=O. The van der Waals surface area contributed by atoms with Crippen molar-refractivity contribution in [3.8, 4) is 0 Å². The van der Waals surface area contributed by atoms with Crippen LogP contribution >= 0.6 is 0 Å². The van der Waals surface area contributed by atoms with Crippen molar-refractivity contribution in [2.24, 2.45) is 10.9 Å². The van der Waals surface area contributed by atoms with Crippen molar-refractivity contribution >= 4 is 33.3 Å². The molecule has 0 aliphatic heterocycles. The molecule has 190 valence electrons. The molecule has 3 aromatic rings. The van der Waals surface area contributed by atoms with Gasteiger partial charge in [-0.25, -0.2) is 32.0 Å². The molecule has 1 aliphatic carbocycles. The number of halogens is 4. The molecule has 1 fully saturated rings. The first-order chi connectivity index (χ1) is 16.9. The summed E-state index contributed by atoms with van der Waals surface area (Å²) in [5, 5.41) is 7.39.